The van der Waals surface area contributed by atoms with Gasteiger partial charge in [-0.25, -0.2) is 0 Å². The van der Waals surface area contributed by atoms with Crippen LogP contribution in [0.4, 0.5) is 32.0 Å². The fourth-order valence-corrected chi connectivity index (χ4v) is 10.9. The Morgan fingerprint density at radius 2 is 1.21 bits per heavy atom. The largest absolute Gasteiger partial charge is 0.416 e. The summed E-state index contributed by atoms with van der Waals surface area (Å²) in [5.74, 6) is 3.46. The van der Waals surface area contributed by atoms with E-state index in [4.69, 9.17) is 0 Å². The fraction of sp³-hybridized carbons (Fsp3) is 0.692. The SMILES string of the molecule is CC(C)[Si](C#CC(Nc1cc(C(F)(F)F)cc(C(F)(F)F)c1)C1CCCCC1)(C(C)C)C(C)C. The topological polar surface area (TPSA) is 12.0 Å². The second-order valence-electron chi connectivity index (χ2n) is 10.5. The fourth-order valence-electron chi connectivity index (χ4n) is 5.59. The average molecular weight is 506 g/mol. The van der Waals surface area contributed by atoms with Gasteiger partial charge in [0.1, 0.15) is 8.07 Å². The summed E-state index contributed by atoms with van der Waals surface area (Å²) >= 11 is 0. The molecule has 0 aromatic heterocycles. The van der Waals surface area contributed by atoms with Crippen molar-refractivity contribution in [3.63, 3.8) is 0 Å². The van der Waals surface area contributed by atoms with Crippen LogP contribution in [-0.4, -0.2) is 14.1 Å². The maximum Gasteiger partial charge on any atom is 0.416 e. The molecule has 0 amide bonds. The second-order valence-corrected chi connectivity index (χ2v) is 16.1. The number of hydrogen-bond acceptors (Lipinski definition) is 1. The van der Waals surface area contributed by atoms with Crippen LogP contribution in [0, 0.1) is 17.4 Å². The van der Waals surface area contributed by atoms with Gasteiger partial charge in [-0.1, -0.05) is 66.7 Å². The summed E-state index contributed by atoms with van der Waals surface area (Å²) in [6, 6.07) is 1.21. The second kappa shape index (κ2) is 11.0. The van der Waals surface area contributed by atoms with Crippen LogP contribution in [0.3, 0.4) is 0 Å². The zero-order chi connectivity index (χ0) is 25.9. The highest BCUT2D eigenvalue weighted by Crippen LogP contribution is 2.41. The van der Waals surface area contributed by atoms with Gasteiger partial charge in [0.2, 0.25) is 0 Å². The van der Waals surface area contributed by atoms with Crippen LogP contribution in [0.1, 0.15) is 84.8 Å². The van der Waals surface area contributed by atoms with Gasteiger partial charge < -0.3 is 5.32 Å². The molecular weight excluding hydrogens is 468 g/mol. The van der Waals surface area contributed by atoms with Crippen molar-refractivity contribution in [2.24, 2.45) is 5.92 Å². The molecule has 0 spiro atoms. The molecule has 1 saturated carbocycles. The first-order chi connectivity index (χ1) is 15.6. The van der Waals surface area contributed by atoms with E-state index in [1.54, 1.807) is 0 Å². The van der Waals surface area contributed by atoms with E-state index < -0.39 is 37.6 Å². The lowest BCUT2D eigenvalue weighted by molar-refractivity contribution is -0.143. The molecule has 1 aromatic carbocycles. The molecule has 8 heteroatoms. The minimum Gasteiger partial charge on any atom is -0.371 e. The molecule has 0 bridgehead atoms. The van der Waals surface area contributed by atoms with Crippen LogP contribution in [0.15, 0.2) is 18.2 Å². The van der Waals surface area contributed by atoms with Crippen molar-refractivity contribution in [3.8, 4) is 11.5 Å². The van der Waals surface area contributed by atoms with Gasteiger partial charge in [-0.2, -0.15) is 26.3 Å². The van der Waals surface area contributed by atoms with Crippen molar-refractivity contribution < 1.29 is 26.3 Å². The van der Waals surface area contributed by atoms with Crippen molar-refractivity contribution in [3.05, 3.63) is 29.3 Å². The van der Waals surface area contributed by atoms with E-state index in [9.17, 15) is 26.3 Å². The smallest absolute Gasteiger partial charge is 0.371 e. The third-order valence-electron chi connectivity index (χ3n) is 7.34. The van der Waals surface area contributed by atoms with Gasteiger partial charge in [0.15, 0.2) is 0 Å². The number of rotatable bonds is 6. The van der Waals surface area contributed by atoms with Gasteiger partial charge in [-0.05, 0) is 53.6 Å². The van der Waals surface area contributed by atoms with Crippen LogP contribution in [-0.2, 0) is 12.4 Å². The number of benzene rings is 1. The van der Waals surface area contributed by atoms with Gasteiger partial charge in [0.05, 0.1) is 17.2 Å². The zero-order valence-electron chi connectivity index (χ0n) is 20.9. The molecule has 192 valence electrons. The molecule has 1 unspecified atom stereocenters. The molecule has 1 nitrogen and oxygen atoms in total. The van der Waals surface area contributed by atoms with Gasteiger partial charge >= 0.3 is 12.4 Å². The first-order valence-electron chi connectivity index (χ1n) is 12.2. The molecule has 34 heavy (non-hydrogen) atoms. The lowest BCUT2D eigenvalue weighted by Gasteiger charge is -2.38. The van der Waals surface area contributed by atoms with Gasteiger partial charge in [0, 0.05) is 5.69 Å². The quantitative estimate of drug-likeness (QED) is 0.231. The number of nitrogens with one attached hydrogen (secondary N) is 1. The Morgan fingerprint density at radius 1 is 0.765 bits per heavy atom. The van der Waals surface area contributed by atoms with E-state index in [0.717, 1.165) is 44.2 Å². The minimum absolute atomic E-state index is 0.0864. The molecule has 1 fully saturated rings. The Balaban J connectivity index is 2.57. The van der Waals surface area contributed by atoms with E-state index in [-0.39, 0.29) is 17.7 Å². The molecule has 1 aliphatic rings. The highest BCUT2D eigenvalue weighted by Gasteiger charge is 2.42. The van der Waals surface area contributed by atoms with E-state index in [1.165, 1.54) is 0 Å². The predicted octanol–water partition coefficient (Wildman–Crippen LogP) is 9.31. The Bertz CT molecular complexity index is 816. The lowest BCUT2D eigenvalue weighted by Crippen LogP contribution is -2.44. The maximum absolute atomic E-state index is 13.4. The van der Waals surface area contributed by atoms with Gasteiger partial charge in [-0.15, -0.1) is 5.54 Å². The molecule has 1 aromatic rings. The van der Waals surface area contributed by atoms with Crippen LogP contribution in [0.5, 0.6) is 0 Å². The van der Waals surface area contributed by atoms with Crippen molar-refractivity contribution >= 4 is 13.8 Å². The summed E-state index contributed by atoms with van der Waals surface area (Å²) in [5.41, 5.74) is 1.94. The van der Waals surface area contributed by atoms with Crippen molar-refractivity contribution in [1.82, 2.24) is 0 Å². The Hall–Kier alpha value is -1.62. The van der Waals surface area contributed by atoms with Crippen LogP contribution in [0.25, 0.3) is 0 Å². The van der Waals surface area contributed by atoms with Crippen LogP contribution >= 0.6 is 0 Å². The molecular formula is C26H37F6NSi. The number of hydrogen-bond donors (Lipinski definition) is 1. The number of alkyl halides is 6. The van der Waals surface area contributed by atoms with Gasteiger partial charge in [-0.3, -0.25) is 0 Å². The molecule has 0 aliphatic heterocycles. The molecule has 1 N–H and O–H groups in total. The van der Waals surface area contributed by atoms with Crippen LogP contribution in [0.2, 0.25) is 16.6 Å². The van der Waals surface area contributed by atoms with Crippen molar-refractivity contribution in [2.75, 3.05) is 5.32 Å². The average Bonchev–Trinajstić information content (AvgIpc) is 2.71. The number of halogens is 6. The Labute approximate surface area is 201 Å². The Kier molecular flexibility index (Phi) is 9.23. The van der Waals surface area contributed by atoms with Crippen molar-refractivity contribution in [2.45, 2.75) is 109 Å². The first-order valence-corrected chi connectivity index (χ1v) is 14.4. The van der Waals surface area contributed by atoms with E-state index in [2.05, 4.69) is 58.3 Å². The lowest BCUT2D eigenvalue weighted by atomic mass is 9.84. The van der Waals surface area contributed by atoms with E-state index in [1.807, 2.05) is 0 Å². The zero-order valence-corrected chi connectivity index (χ0v) is 21.9. The molecule has 0 saturated heterocycles. The normalized spacial score (nSPS) is 17.1. The summed E-state index contributed by atoms with van der Waals surface area (Å²) in [6.45, 7) is 13.0. The molecule has 1 atom stereocenters. The molecule has 0 radical (unpaired) electrons. The summed E-state index contributed by atoms with van der Waals surface area (Å²) in [6.07, 6.45) is -4.98. The third kappa shape index (κ3) is 6.74. The molecule has 2 rings (SSSR count). The summed E-state index contributed by atoms with van der Waals surface area (Å²) < 4.78 is 80.3. The third-order valence-corrected chi connectivity index (χ3v) is 13.7. The first kappa shape index (κ1) is 28.6. The molecule has 0 heterocycles. The van der Waals surface area contributed by atoms with E-state index in [0.29, 0.717) is 16.6 Å². The van der Waals surface area contributed by atoms with Crippen molar-refractivity contribution in [1.29, 1.82) is 0 Å². The Morgan fingerprint density at radius 3 is 1.59 bits per heavy atom. The van der Waals surface area contributed by atoms with Gasteiger partial charge in [0.25, 0.3) is 0 Å². The maximum atomic E-state index is 13.4. The number of anilines is 1. The minimum atomic E-state index is -4.88. The standard InChI is InChI=1S/C26H37F6NSi/c1-17(2)34(18(3)4,19(5)6)13-12-24(20-10-8-7-9-11-20)33-23-15-21(25(27,28)29)14-22(16-23)26(30,31)32/h14-20,24,33H,7-11H2,1-6H3. The summed E-state index contributed by atoms with van der Waals surface area (Å²) in [5, 5.41) is 3.01. The summed E-state index contributed by atoms with van der Waals surface area (Å²) in [4.78, 5) is 0. The predicted molar refractivity (Wildman–Crippen MR) is 129 cm³/mol. The highest BCUT2D eigenvalue weighted by atomic mass is 28.3. The monoisotopic (exact) mass is 505 g/mol. The summed E-state index contributed by atoms with van der Waals surface area (Å²) in [7, 11) is -2.11. The molecule has 1 aliphatic carbocycles. The van der Waals surface area contributed by atoms with E-state index >= 15 is 0 Å². The highest BCUT2D eigenvalue weighted by molar-refractivity contribution is 6.90. The van der Waals surface area contributed by atoms with Crippen LogP contribution < -0.4 is 5.32 Å².